The highest BCUT2D eigenvalue weighted by atomic mass is 14.3. The molecule has 3 aromatic rings. The van der Waals surface area contributed by atoms with E-state index in [0.717, 1.165) is 18.3 Å². The molecule has 0 radical (unpaired) electrons. The second kappa shape index (κ2) is 10.1. The van der Waals surface area contributed by atoms with E-state index >= 15 is 0 Å². The van der Waals surface area contributed by atoms with E-state index in [0.29, 0.717) is 0 Å². The minimum Gasteiger partial charge on any atom is -0.103 e. The predicted octanol–water partition coefficient (Wildman–Crippen LogP) is 8.77. The van der Waals surface area contributed by atoms with Gasteiger partial charge in [0, 0.05) is 0 Å². The van der Waals surface area contributed by atoms with Crippen molar-refractivity contribution in [3.05, 3.63) is 84.4 Å². The maximum atomic E-state index is 3.87. The van der Waals surface area contributed by atoms with Crippen LogP contribution in [0, 0.1) is 11.8 Å². The van der Waals surface area contributed by atoms with Crippen LogP contribution in [0.2, 0.25) is 0 Å². The minimum absolute atomic E-state index is 0.929. The van der Waals surface area contributed by atoms with Gasteiger partial charge in [-0.1, -0.05) is 93.3 Å². The molecule has 1 saturated carbocycles. The van der Waals surface area contributed by atoms with E-state index in [2.05, 4.69) is 80.2 Å². The molecule has 0 nitrogen and oxygen atoms in total. The van der Waals surface area contributed by atoms with Gasteiger partial charge in [0.25, 0.3) is 0 Å². The molecule has 1 fully saturated rings. The summed E-state index contributed by atoms with van der Waals surface area (Å²) in [4.78, 5) is 0. The summed E-state index contributed by atoms with van der Waals surface area (Å²) >= 11 is 0. The van der Waals surface area contributed by atoms with E-state index in [9.17, 15) is 0 Å². The molecule has 0 aliphatic heterocycles. The van der Waals surface area contributed by atoms with Gasteiger partial charge in [-0.15, -0.1) is 6.58 Å². The van der Waals surface area contributed by atoms with Crippen LogP contribution in [0.5, 0.6) is 0 Å². The van der Waals surface area contributed by atoms with Crippen molar-refractivity contribution in [3.63, 3.8) is 0 Å². The van der Waals surface area contributed by atoms with Crippen molar-refractivity contribution in [1.29, 1.82) is 0 Å². The highest BCUT2D eigenvalue weighted by Crippen LogP contribution is 2.34. The second-order valence-electron chi connectivity index (χ2n) is 9.24. The molecule has 3 aromatic carbocycles. The molecule has 30 heavy (non-hydrogen) atoms. The third kappa shape index (κ3) is 5.22. The van der Waals surface area contributed by atoms with Gasteiger partial charge < -0.3 is 0 Å². The van der Waals surface area contributed by atoms with Gasteiger partial charge in [-0.05, 0) is 83.0 Å². The molecule has 0 spiro atoms. The summed E-state index contributed by atoms with van der Waals surface area (Å²) in [6, 6.07) is 23.0. The number of allylic oxidation sites excluding steroid dienone is 1. The Bertz CT molecular complexity index is 955. The lowest BCUT2D eigenvalue weighted by Gasteiger charge is -2.28. The smallest absolute Gasteiger partial charge is 0.0178 e. The molecule has 1 aliphatic rings. The van der Waals surface area contributed by atoms with Gasteiger partial charge in [-0.25, -0.2) is 0 Å². The van der Waals surface area contributed by atoms with Gasteiger partial charge in [-0.3, -0.25) is 0 Å². The van der Waals surface area contributed by atoms with Crippen molar-refractivity contribution in [2.24, 2.45) is 11.8 Å². The fourth-order valence-corrected chi connectivity index (χ4v) is 5.09. The largest absolute Gasteiger partial charge is 0.103 e. The fourth-order valence-electron chi connectivity index (χ4n) is 5.09. The van der Waals surface area contributed by atoms with Crippen LogP contribution in [0.1, 0.15) is 63.0 Å². The van der Waals surface area contributed by atoms with Crippen LogP contribution in [-0.2, 0) is 12.8 Å². The quantitative estimate of drug-likeness (QED) is 0.334. The first-order valence-corrected chi connectivity index (χ1v) is 12.0. The molecule has 1 aliphatic carbocycles. The summed E-state index contributed by atoms with van der Waals surface area (Å²) in [5, 5.41) is 2.67. The Hall–Kier alpha value is -2.34. The highest BCUT2D eigenvalue weighted by molar-refractivity contribution is 5.87. The number of fused-ring (bicyclic) bond motifs is 1. The van der Waals surface area contributed by atoms with Crippen LogP contribution >= 0.6 is 0 Å². The molecule has 0 atom stereocenters. The van der Waals surface area contributed by atoms with Gasteiger partial charge in [-0.2, -0.15) is 0 Å². The zero-order chi connectivity index (χ0) is 20.8. The molecule has 0 saturated heterocycles. The SMILES string of the molecule is C=CCCC1CCC(CCc2ccc(-c3ccc4cc(CC)ccc4c3)cc2)CC1. The lowest BCUT2D eigenvalue weighted by Crippen LogP contribution is -2.15. The van der Waals surface area contributed by atoms with E-state index in [-0.39, 0.29) is 0 Å². The summed E-state index contributed by atoms with van der Waals surface area (Å²) in [7, 11) is 0. The lowest BCUT2D eigenvalue weighted by atomic mass is 9.78. The van der Waals surface area contributed by atoms with Gasteiger partial charge in [0.1, 0.15) is 0 Å². The van der Waals surface area contributed by atoms with Gasteiger partial charge in [0.2, 0.25) is 0 Å². The Labute approximate surface area is 183 Å². The topological polar surface area (TPSA) is 0 Å². The number of hydrogen-bond acceptors (Lipinski definition) is 0. The Balaban J connectivity index is 1.33. The Morgan fingerprint density at radius 3 is 2.03 bits per heavy atom. The zero-order valence-electron chi connectivity index (χ0n) is 18.6. The first-order valence-electron chi connectivity index (χ1n) is 12.0. The van der Waals surface area contributed by atoms with E-state index in [4.69, 9.17) is 0 Å². The summed E-state index contributed by atoms with van der Waals surface area (Å²) in [6.45, 7) is 6.08. The number of benzene rings is 3. The molecule has 0 aromatic heterocycles. The monoisotopic (exact) mass is 396 g/mol. The summed E-state index contributed by atoms with van der Waals surface area (Å²) in [6.07, 6.45) is 14.0. The average Bonchev–Trinajstić information content (AvgIpc) is 2.81. The molecule has 0 bridgehead atoms. The minimum atomic E-state index is 0.929. The maximum Gasteiger partial charge on any atom is -0.0178 e. The van der Waals surface area contributed by atoms with E-state index in [1.165, 1.54) is 84.4 Å². The number of rotatable bonds is 8. The number of hydrogen-bond donors (Lipinski definition) is 0. The van der Waals surface area contributed by atoms with Crippen molar-refractivity contribution in [3.8, 4) is 11.1 Å². The fraction of sp³-hybridized carbons (Fsp3) is 0.400. The van der Waals surface area contributed by atoms with Crippen molar-refractivity contribution >= 4 is 10.8 Å². The van der Waals surface area contributed by atoms with Gasteiger partial charge in [0.05, 0.1) is 0 Å². The van der Waals surface area contributed by atoms with Crippen LogP contribution < -0.4 is 0 Å². The third-order valence-electron chi connectivity index (χ3n) is 7.19. The Morgan fingerprint density at radius 1 is 0.733 bits per heavy atom. The molecular formula is C30H36. The van der Waals surface area contributed by atoms with Crippen molar-refractivity contribution in [2.75, 3.05) is 0 Å². The first-order chi connectivity index (χ1) is 14.7. The van der Waals surface area contributed by atoms with Crippen LogP contribution in [0.4, 0.5) is 0 Å². The molecule has 4 rings (SSSR count). The van der Waals surface area contributed by atoms with Crippen LogP contribution in [0.3, 0.4) is 0 Å². The van der Waals surface area contributed by atoms with Gasteiger partial charge >= 0.3 is 0 Å². The number of aryl methyl sites for hydroxylation is 2. The van der Waals surface area contributed by atoms with Crippen LogP contribution in [0.15, 0.2) is 73.3 Å². The second-order valence-corrected chi connectivity index (χ2v) is 9.24. The zero-order valence-corrected chi connectivity index (χ0v) is 18.6. The van der Waals surface area contributed by atoms with E-state index in [1.807, 2.05) is 0 Å². The van der Waals surface area contributed by atoms with E-state index < -0.39 is 0 Å². The molecule has 0 heterocycles. The van der Waals surface area contributed by atoms with Crippen molar-refractivity contribution < 1.29 is 0 Å². The van der Waals surface area contributed by atoms with Crippen molar-refractivity contribution in [2.45, 2.75) is 64.7 Å². The standard InChI is InChI=1S/C30H36/c1-3-5-6-24-7-9-25(10-8-24)11-12-26-14-16-27(17-15-26)29-20-19-28-21-23(4-2)13-18-30(28)22-29/h3,13-22,24-25H,1,4-12H2,2H3. The lowest BCUT2D eigenvalue weighted by molar-refractivity contribution is 0.254. The molecule has 156 valence electrons. The maximum absolute atomic E-state index is 3.87. The normalized spacial score (nSPS) is 19.1. The van der Waals surface area contributed by atoms with Gasteiger partial charge in [0.15, 0.2) is 0 Å². The molecule has 0 unspecified atom stereocenters. The Morgan fingerprint density at radius 2 is 1.33 bits per heavy atom. The summed E-state index contributed by atoms with van der Waals surface area (Å²) < 4.78 is 0. The van der Waals surface area contributed by atoms with Crippen LogP contribution in [0.25, 0.3) is 21.9 Å². The molecule has 0 amide bonds. The first kappa shape index (κ1) is 20.9. The molecule has 0 heteroatoms. The summed E-state index contributed by atoms with van der Waals surface area (Å²) in [5.74, 6) is 1.88. The van der Waals surface area contributed by atoms with Crippen molar-refractivity contribution in [1.82, 2.24) is 0 Å². The predicted molar refractivity (Wildman–Crippen MR) is 132 cm³/mol. The van der Waals surface area contributed by atoms with E-state index in [1.54, 1.807) is 0 Å². The molecular weight excluding hydrogens is 360 g/mol. The Kier molecular flexibility index (Phi) is 7.05. The average molecular weight is 397 g/mol. The summed E-state index contributed by atoms with van der Waals surface area (Å²) in [5.41, 5.74) is 5.53. The van der Waals surface area contributed by atoms with Crippen LogP contribution in [-0.4, -0.2) is 0 Å². The molecule has 0 N–H and O–H groups in total. The highest BCUT2D eigenvalue weighted by Gasteiger charge is 2.20. The third-order valence-corrected chi connectivity index (χ3v) is 7.19.